The summed E-state index contributed by atoms with van der Waals surface area (Å²) in [7, 11) is 0. The van der Waals surface area contributed by atoms with Gasteiger partial charge in [-0.1, -0.05) is 6.42 Å². The number of aromatic nitrogens is 2. The maximum Gasteiger partial charge on any atom is 0.267 e. The lowest BCUT2D eigenvalue weighted by Gasteiger charge is -2.36. The van der Waals surface area contributed by atoms with Crippen molar-refractivity contribution in [3.8, 4) is 0 Å². The van der Waals surface area contributed by atoms with Gasteiger partial charge in [0.15, 0.2) is 0 Å². The highest BCUT2D eigenvalue weighted by atomic mass is 19.1. The van der Waals surface area contributed by atoms with Gasteiger partial charge in [0.25, 0.3) is 5.56 Å². The molecule has 0 bridgehead atoms. The SMILES string of the molecule is O=C(Cn1nc2c(cc1=O)CCCCC2)N1CCN(c2ccc(F)cc2)CC1. The summed E-state index contributed by atoms with van der Waals surface area (Å²) in [5.74, 6) is -0.335. The van der Waals surface area contributed by atoms with Crippen LogP contribution >= 0.6 is 0 Å². The van der Waals surface area contributed by atoms with Crippen LogP contribution in [0, 0.1) is 5.82 Å². The Hall–Kier alpha value is -2.70. The lowest BCUT2D eigenvalue weighted by atomic mass is 10.1. The average molecular weight is 384 g/mol. The predicted molar refractivity (Wildman–Crippen MR) is 105 cm³/mol. The summed E-state index contributed by atoms with van der Waals surface area (Å²) >= 11 is 0. The summed E-state index contributed by atoms with van der Waals surface area (Å²) in [4.78, 5) is 29.0. The summed E-state index contributed by atoms with van der Waals surface area (Å²) in [5.41, 5.74) is 2.77. The number of hydrogen-bond donors (Lipinski definition) is 0. The number of aryl methyl sites for hydroxylation is 2. The number of piperazine rings is 1. The zero-order valence-electron chi connectivity index (χ0n) is 15.9. The van der Waals surface area contributed by atoms with Gasteiger partial charge in [-0.15, -0.1) is 0 Å². The van der Waals surface area contributed by atoms with Crippen LogP contribution in [0.15, 0.2) is 35.1 Å². The monoisotopic (exact) mass is 384 g/mol. The molecule has 1 amide bonds. The van der Waals surface area contributed by atoms with E-state index in [4.69, 9.17) is 0 Å². The maximum absolute atomic E-state index is 13.1. The smallest absolute Gasteiger partial charge is 0.267 e. The molecule has 0 unspecified atom stereocenters. The van der Waals surface area contributed by atoms with Crippen molar-refractivity contribution in [3.63, 3.8) is 0 Å². The molecule has 0 spiro atoms. The fourth-order valence-corrected chi connectivity index (χ4v) is 3.99. The van der Waals surface area contributed by atoms with Gasteiger partial charge in [-0.2, -0.15) is 5.10 Å². The van der Waals surface area contributed by atoms with Crippen molar-refractivity contribution in [2.75, 3.05) is 31.1 Å². The molecular weight excluding hydrogens is 359 g/mol. The highest BCUT2D eigenvalue weighted by Gasteiger charge is 2.22. The fourth-order valence-electron chi connectivity index (χ4n) is 3.99. The number of carbonyl (C=O) groups is 1. The largest absolute Gasteiger partial charge is 0.368 e. The summed E-state index contributed by atoms with van der Waals surface area (Å²) in [6.45, 7) is 2.52. The first-order valence-electron chi connectivity index (χ1n) is 9.98. The first-order chi connectivity index (χ1) is 13.6. The zero-order valence-corrected chi connectivity index (χ0v) is 15.9. The number of nitrogens with zero attached hydrogens (tertiary/aromatic N) is 4. The highest BCUT2D eigenvalue weighted by molar-refractivity contribution is 5.76. The third-order valence-electron chi connectivity index (χ3n) is 5.63. The number of benzene rings is 1. The number of rotatable bonds is 3. The molecule has 6 nitrogen and oxygen atoms in total. The molecule has 0 saturated carbocycles. The van der Waals surface area contributed by atoms with Crippen LogP contribution in [0.25, 0.3) is 0 Å². The topological polar surface area (TPSA) is 58.4 Å². The molecule has 4 rings (SSSR count). The molecule has 0 atom stereocenters. The Morgan fingerprint density at radius 2 is 1.71 bits per heavy atom. The van der Waals surface area contributed by atoms with Crippen LogP contribution in [0.1, 0.15) is 30.5 Å². The minimum Gasteiger partial charge on any atom is -0.368 e. The molecule has 28 heavy (non-hydrogen) atoms. The predicted octanol–water partition coefficient (Wildman–Crippen LogP) is 2.00. The minimum absolute atomic E-state index is 0.0112. The van der Waals surface area contributed by atoms with E-state index in [1.54, 1.807) is 23.1 Å². The lowest BCUT2D eigenvalue weighted by molar-refractivity contribution is -0.132. The maximum atomic E-state index is 13.1. The van der Waals surface area contributed by atoms with Crippen LogP contribution < -0.4 is 10.5 Å². The number of anilines is 1. The molecule has 1 aliphatic heterocycles. The molecule has 0 radical (unpaired) electrons. The van der Waals surface area contributed by atoms with Crippen LogP contribution in [0.2, 0.25) is 0 Å². The van der Waals surface area contributed by atoms with Crippen LogP contribution in [0.4, 0.5) is 10.1 Å². The minimum atomic E-state index is -0.253. The lowest BCUT2D eigenvalue weighted by Crippen LogP contribution is -2.50. The molecule has 2 heterocycles. The molecule has 2 aliphatic rings. The molecule has 148 valence electrons. The summed E-state index contributed by atoms with van der Waals surface area (Å²) in [6, 6.07) is 8.07. The molecule has 1 aromatic carbocycles. The Labute approximate surface area is 163 Å². The van der Waals surface area contributed by atoms with Crippen LogP contribution in [0.5, 0.6) is 0 Å². The molecule has 1 saturated heterocycles. The molecular formula is C21H25FN4O2. The summed E-state index contributed by atoms with van der Waals surface area (Å²) < 4.78 is 14.4. The molecule has 0 N–H and O–H groups in total. The average Bonchev–Trinajstić information content (AvgIpc) is 2.94. The van der Waals surface area contributed by atoms with E-state index in [9.17, 15) is 14.0 Å². The van der Waals surface area contributed by atoms with Gasteiger partial charge in [0.1, 0.15) is 12.4 Å². The van der Waals surface area contributed by atoms with Gasteiger partial charge in [-0.25, -0.2) is 9.07 Å². The second-order valence-corrected chi connectivity index (χ2v) is 7.52. The van der Waals surface area contributed by atoms with E-state index in [0.717, 1.165) is 49.0 Å². The van der Waals surface area contributed by atoms with E-state index >= 15 is 0 Å². The third-order valence-corrected chi connectivity index (χ3v) is 5.63. The molecule has 2 aromatic rings. The third kappa shape index (κ3) is 4.08. The van der Waals surface area contributed by atoms with Crippen LogP contribution in [-0.2, 0) is 24.2 Å². The van der Waals surface area contributed by atoms with Crippen molar-refractivity contribution in [2.24, 2.45) is 0 Å². The number of amides is 1. The van der Waals surface area contributed by atoms with Crippen molar-refractivity contribution >= 4 is 11.6 Å². The Kier molecular flexibility index (Phi) is 5.41. The van der Waals surface area contributed by atoms with Gasteiger partial charge in [-0.05, 0) is 55.5 Å². The van der Waals surface area contributed by atoms with Crippen molar-refractivity contribution in [1.82, 2.24) is 14.7 Å². The molecule has 1 aliphatic carbocycles. The van der Waals surface area contributed by atoms with Crippen molar-refractivity contribution in [3.05, 3.63) is 57.8 Å². The summed E-state index contributed by atoms with van der Waals surface area (Å²) in [5, 5.41) is 4.49. The quantitative estimate of drug-likeness (QED) is 0.760. The van der Waals surface area contributed by atoms with E-state index in [1.165, 1.54) is 16.8 Å². The molecule has 1 aromatic heterocycles. The van der Waals surface area contributed by atoms with Gasteiger partial charge >= 0.3 is 0 Å². The first-order valence-corrected chi connectivity index (χ1v) is 9.98. The molecule has 1 fully saturated rings. The Balaban J connectivity index is 1.39. The molecule has 7 heteroatoms. The first kappa shape index (κ1) is 18.7. The summed E-state index contributed by atoms with van der Waals surface area (Å²) in [6.07, 6.45) is 5.10. The highest BCUT2D eigenvalue weighted by Crippen LogP contribution is 2.18. The van der Waals surface area contributed by atoms with E-state index in [-0.39, 0.29) is 23.8 Å². The van der Waals surface area contributed by atoms with Gasteiger partial charge < -0.3 is 9.80 Å². The normalized spacial score (nSPS) is 17.2. The van der Waals surface area contributed by atoms with Gasteiger partial charge in [0, 0.05) is 37.9 Å². The Bertz CT molecular complexity index is 902. The van der Waals surface area contributed by atoms with Crippen LogP contribution in [-0.4, -0.2) is 46.8 Å². The second kappa shape index (κ2) is 8.12. The number of carbonyl (C=O) groups excluding carboxylic acids is 1. The standard InChI is InChI=1S/C21H25FN4O2/c22-17-6-8-18(9-7-17)24-10-12-25(13-11-24)21(28)15-26-20(27)14-16-4-2-1-3-5-19(16)23-26/h6-9,14H,1-5,10-13,15H2. The van der Waals surface area contributed by atoms with E-state index in [1.807, 2.05) is 0 Å². The number of hydrogen-bond acceptors (Lipinski definition) is 4. The van der Waals surface area contributed by atoms with Gasteiger partial charge in [0.05, 0.1) is 5.69 Å². The van der Waals surface area contributed by atoms with Crippen molar-refractivity contribution in [1.29, 1.82) is 0 Å². The number of halogens is 1. The van der Waals surface area contributed by atoms with Gasteiger partial charge in [0.2, 0.25) is 5.91 Å². The number of fused-ring (bicyclic) bond motifs is 1. The Morgan fingerprint density at radius 3 is 2.46 bits per heavy atom. The second-order valence-electron chi connectivity index (χ2n) is 7.52. The van der Waals surface area contributed by atoms with E-state index in [0.29, 0.717) is 26.2 Å². The Morgan fingerprint density at radius 1 is 1.00 bits per heavy atom. The van der Waals surface area contributed by atoms with E-state index < -0.39 is 0 Å². The van der Waals surface area contributed by atoms with Crippen LogP contribution in [0.3, 0.4) is 0 Å². The van der Waals surface area contributed by atoms with Crippen molar-refractivity contribution in [2.45, 2.75) is 38.6 Å². The van der Waals surface area contributed by atoms with Gasteiger partial charge in [-0.3, -0.25) is 9.59 Å². The zero-order chi connectivity index (χ0) is 19.5. The van der Waals surface area contributed by atoms with Crippen molar-refractivity contribution < 1.29 is 9.18 Å². The fraction of sp³-hybridized carbons (Fsp3) is 0.476. The van der Waals surface area contributed by atoms with E-state index in [2.05, 4.69) is 10.00 Å².